The largest absolute Gasteiger partial charge is 0.441 e. The molecule has 0 saturated carbocycles. The highest BCUT2D eigenvalue weighted by molar-refractivity contribution is 6.07. The van der Waals surface area contributed by atoms with E-state index in [1.807, 2.05) is 51.9 Å². The third-order valence-corrected chi connectivity index (χ3v) is 6.32. The summed E-state index contributed by atoms with van der Waals surface area (Å²) >= 11 is 0. The summed E-state index contributed by atoms with van der Waals surface area (Å²) in [5.41, 5.74) is 1.37. The Morgan fingerprint density at radius 2 is 1.96 bits per heavy atom. The van der Waals surface area contributed by atoms with E-state index in [0.717, 1.165) is 29.3 Å². The van der Waals surface area contributed by atoms with Crippen LogP contribution in [0.4, 0.5) is 4.79 Å². The number of aromatic nitrogens is 1. The molecule has 1 aromatic carbocycles. The van der Waals surface area contributed by atoms with Crippen molar-refractivity contribution < 1.29 is 14.3 Å². The molecule has 1 spiro atoms. The normalized spacial score (nSPS) is 20.0. The molecular weight excluding hydrogens is 354 g/mol. The minimum Gasteiger partial charge on any atom is -0.441 e. The van der Waals surface area contributed by atoms with Gasteiger partial charge in [0, 0.05) is 56.1 Å². The first-order valence-corrected chi connectivity index (χ1v) is 10.3. The Labute approximate surface area is 166 Å². The summed E-state index contributed by atoms with van der Waals surface area (Å²) in [5, 5.41) is 0.988. The van der Waals surface area contributed by atoms with Crippen LogP contribution < -0.4 is 0 Å². The third-order valence-electron chi connectivity index (χ3n) is 6.32. The summed E-state index contributed by atoms with van der Waals surface area (Å²) in [6.07, 6.45) is 5.15. The fraction of sp³-hybridized carbons (Fsp3) is 0.545. The maximum absolute atomic E-state index is 13.1. The predicted molar refractivity (Wildman–Crippen MR) is 108 cm³/mol. The molecule has 1 atom stereocenters. The molecule has 3 heterocycles. The van der Waals surface area contributed by atoms with E-state index in [-0.39, 0.29) is 18.0 Å². The number of hydrogen-bond acceptors (Lipinski definition) is 3. The molecule has 4 rings (SSSR count). The van der Waals surface area contributed by atoms with Crippen molar-refractivity contribution >= 4 is 22.9 Å². The van der Waals surface area contributed by atoms with Crippen LogP contribution in [-0.2, 0) is 11.8 Å². The van der Waals surface area contributed by atoms with Crippen LogP contribution in [0.25, 0.3) is 10.9 Å². The van der Waals surface area contributed by atoms with Gasteiger partial charge in [-0.1, -0.05) is 31.5 Å². The highest BCUT2D eigenvalue weighted by Crippen LogP contribution is 2.35. The summed E-state index contributed by atoms with van der Waals surface area (Å²) in [5.74, 6) is 0.0622. The van der Waals surface area contributed by atoms with E-state index in [2.05, 4.69) is 13.8 Å². The summed E-state index contributed by atoms with van der Waals surface area (Å²) in [4.78, 5) is 29.3. The number of fused-ring (bicyclic) bond motifs is 1. The SMILES string of the molecule is CCC[C@H](C)N1CC2(CCN(C(=O)c3cn(C)c4ccccc34)CC2)OC1=O. The van der Waals surface area contributed by atoms with E-state index >= 15 is 0 Å². The Bertz CT molecular complexity index is 896. The van der Waals surface area contributed by atoms with Gasteiger partial charge in [-0.25, -0.2) is 4.79 Å². The standard InChI is InChI=1S/C22H29N3O3/c1-4-7-16(2)25-15-22(28-21(25)27)10-12-24(13-11-22)20(26)18-14-23(3)19-9-6-5-8-17(18)19/h5-6,8-9,14,16H,4,7,10-13,15H2,1-3H3/t16-/m0/s1. The molecule has 28 heavy (non-hydrogen) atoms. The minimum atomic E-state index is -0.436. The molecule has 2 amide bonds. The quantitative estimate of drug-likeness (QED) is 0.807. The molecule has 2 fully saturated rings. The van der Waals surface area contributed by atoms with Crippen molar-refractivity contribution in [3.8, 4) is 0 Å². The summed E-state index contributed by atoms with van der Waals surface area (Å²) in [6, 6.07) is 8.18. The zero-order valence-electron chi connectivity index (χ0n) is 17.0. The predicted octanol–water partition coefficient (Wildman–Crippen LogP) is 3.79. The van der Waals surface area contributed by atoms with Gasteiger partial charge in [-0.2, -0.15) is 0 Å². The van der Waals surface area contributed by atoms with Gasteiger partial charge in [0.25, 0.3) is 5.91 Å². The first-order chi connectivity index (χ1) is 13.4. The molecule has 0 unspecified atom stereocenters. The highest BCUT2D eigenvalue weighted by Gasteiger charge is 2.48. The maximum atomic E-state index is 13.1. The lowest BCUT2D eigenvalue weighted by molar-refractivity contribution is 0.00312. The molecular formula is C22H29N3O3. The zero-order chi connectivity index (χ0) is 19.9. The number of ether oxygens (including phenoxy) is 1. The average Bonchev–Trinajstić information content (AvgIpc) is 3.20. The maximum Gasteiger partial charge on any atom is 0.410 e. The van der Waals surface area contributed by atoms with Gasteiger partial charge in [0.05, 0.1) is 12.1 Å². The summed E-state index contributed by atoms with van der Waals surface area (Å²) in [7, 11) is 1.97. The van der Waals surface area contributed by atoms with Gasteiger partial charge in [0.2, 0.25) is 0 Å². The Kier molecular flexibility index (Phi) is 4.81. The molecule has 2 aliphatic rings. The first kappa shape index (κ1) is 18.8. The lowest BCUT2D eigenvalue weighted by atomic mass is 9.90. The molecule has 6 nitrogen and oxygen atoms in total. The van der Waals surface area contributed by atoms with E-state index in [1.165, 1.54) is 0 Å². The molecule has 150 valence electrons. The van der Waals surface area contributed by atoms with Gasteiger partial charge in [-0.3, -0.25) is 4.79 Å². The van der Waals surface area contributed by atoms with Crippen LogP contribution in [0.1, 0.15) is 49.9 Å². The monoisotopic (exact) mass is 383 g/mol. The van der Waals surface area contributed by atoms with Crippen LogP contribution in [0.5, 0.6) is 0 Å². The topological polar surface area (TPSA) is 54.8 Å². The molecule has 2 aliphatic heterocycles. The number of likely N-dealkylation sites (tertiary alicyclic amines) is 1. The van der Waals surface area contributed by atoms with Crippen LogP contribution in [0.3, 0.4) is 0 Å². The van der Waals surface area contributed by atoms with E-state index in [9.17, 15) is 9.59 Å². The van der Waals surface area contributed by atoms with Gasteiger partial charge >= 0.3 is 6.09 Å². The van der Waals surface area contributed by atoms with Crippen molar-refractivity contribution in [2.24, 2.45) is 7.05 Å². The number of nitrogens with zero attached hydrogens (tertiary/aromatic N) is 3. The first-order valence-electron chi connectivity index (χ1n) is 10.3. The van der Waals surface area contributed by atoms with Crippen molar-refractivity contribution in [1.29, 1.82) is 0 Å². The second kappa shape index (κ2) is 7.15. The fourth-order valence-corrected chi connectivity index (χ4v) is 4.62. The number of aryl methyl sites for hydroxylation is 1. The number of rotatable bonds is 4. The molecule has 2 saturated heterocycles. The van der Waals surface area contributed by atoms with E-state index < -0.39 is 5.60 Å². The number of carbonyl (C=O) groups excluding carboxylic acids is 2. The average molecular weight is 383 g/mol. The number of amides is 2. The number of benzene rings is 1. The van der Waals surface area contributed by atoms with E-state index in [1.54, 1.807) is 0 Å². The van der Waals surface area contributed by atoms with Crippen LogP contribution in [-0.4, -0.2) is 57.6 Å². The van der Waals surface area contributed by atoms with Crippen LogP contribution >= 0.6 is 0 Å². The molecule has 0 N–H and O–H groups in total. The lowest BCUT2D eigenvalue weighted by Crippen LogP contribution is -2.49. The summed E-state index contributed by atoms with van der Waals surface area (Å²) in [6.45, 7) is 6.09. The Morgan fingerprint density at radius 3 is 2.68 bits per heavy atom. The van der Waals surface area contributed by atoms with Gasteiger partial charge in [0.15, 0.2) is 0 Å². The summed E-state index contributed by atoms with van der Waals surface area (Å²) < 4.78 is 7.82. The zero-order valence-corrected chi connectivity index (χ0v) is 17.0. The lowest BCUT2D eigenvalue weighted by Gasteiger charge is -2.37. The molecule has 0 aliphatic carbocycles. The van der Waals surface area contributed by atoms with E-state index in [0.29, 0.717) is 32.5 Å². The van der Waals surface area contributed by atoms with Crippen molar-refractivity contribution in [1.82, 2.24) is 14.4 Å². The molecule has 2 aromatic rings. The second-order valence-electron chi connectivity index (χ2n) is 8.28. The Hall–Kier alpha value is -2.50. The number of piperidine rings is 1. The van der Waals surface area contributed by atoms with Crippen molar-refractivity contribution in [2.45, 2.75) is 51.2 Å². The fourth-order valence-electron chi connectivity index (χ4n) is 4.62. The smallest absolute Gasteiger partial charge is 0.410 e. The number of hydrogen-bond donors (Lipinski definition) is 0. The van der Waals surface area contributed by atoms with E-state index in [4.69, 9.17) is 4.74 Å². The minimum absolute atomic E-state index is 0.0622. The molecule has 6 heteroatoms. The van der Waals surface area contributed by atoms with Gasteiger partial charge in [-0.15, -0.1) is 0 Å². The third kappa shape index (κ3) is 3.15. The van der Waals surface area contributed by atoms with Gasteiger partial charge in [0.1, 0.15) is 5.60 Å². The van der Waals surface area contributed by atoms with Crippen molar-refractivity contribution in [3.05, 3.63) is 36.0 Å². The number of para-hydroxylation sites is 1. The van der Waals surface area contributed by atoms with Crippen molar-refractivity contribution in [2.75, 3.05) is 19.6 Å². The second-order valence-corrected chi connectivity index (χ2v) is 8.28. The van der Waals surface area contributed by atoms with Crippen LogP contribution in [0, 0.1) is 0 Å². The van der Waals surface area contributed by atoms with Gasteiger partial charge < -0.3 is 19.1 Å². The Balaban J connectivity index is 1.46. The van der Waals surface area contributed by atoms with Crippen LogP contribution in [0.15, 0.2) is 30.5 Å². The highest BCUT2D eigenvalue weighted by atomic mass is 16.6. The molecule has 1 aromatic heterocycles. The van der Waals surface area contributed by atoms with Gasteiger partial charge in [-0.05, 0) is 19.4 Å². The van der Waals surface area contributed by atoms with Crippen LogP contribution in [0.2, 0.25) is 0 Å². The molecule has 0 radical (unpaired) electrons. The molecule has 0 bridgehead atoms. The number of carbonyl (C=O) groups is 2. The Morgan fingerprint density at radius 1 is 1.25 bits per heavy atom. The van der Waals surface area contributed by atoms with Crippen molar-refractivity contribution in [3.63, 3.8) is 0 Å².